The minimum absolute atomic E-state index is 0.0703. The van der Waals surface area contributed by atoms with Crippen LogP contribution in [0.5, 0.6) is 11.5 Å². The van der Waals surface area contributed by atoms with Gasteiger partial charge < -0.3 is 18.8 Å². The number of ether oxygens (including phenoxy) is 2. The maximum Gasteiger partial charge on any atom is 0.246 e. The molecule has 2 aromatic carbocycles. The summed E-state index contributed by atoms with van der Waals surface area (Å²) in [5, 5.41) is 1.00. The predicted octanol–water partition coefficient (Wildman–Crippen LogP) is 6.23. The predicted molar refractivity (Wildman–Crippen MR) is 128 cm³/mol. The summed E-state index contributed by atoms with van der Waals surface area (Å²) < 4.78 is 17.3. The number of piperidine rings is 1. The Morgan fingerprint density at radius 1 is 1.16 bits per heavy atom. The van der Waals surface area contributed by atoms with Crippen LogP contribution in [0, 0.1) is 6.92 Å². The summed E-state index contributed by atoms with van der Waals surface area (Å²) in [5.74, 6) is 1.66. The van der Waals surface area contributed by atoms with Gasteiger partial charge in [0, 0.05) is 41.2 Å². The zero-order valence-electron chi connectivity index (χ0n) is 19.4. The molecule has 5 nitrogen and oxygen atoms in total. The van der Waals surface area contributed by atoms with Gasteiger partial charge in [0.05, 0.1) is 20.0 Å². The van der Waals surface area contributed by atoms with Gasteiger partial charge in [-0.3, -0.25) is 4.79 Å². The van der Waals surface area contributed by atoms with Crippen molar-refractivity contribution in [3.63, 3.8) is 0 Å². The third kappa shape index (κ3) is 4.24. The molecule has 2 heterocycles. The second kappa shape index (κ2) is 9.51. The number of fused-ring (bicyclic) bond motifs is 1. The van der Waals surface area contributed by atoms with E-state index < -0.39 is 0 Å². The lowest BCUT2D eigenvalue weighted by Crippen LogP contribution is -2.34. The molecular formula is C27H31NO4. The first kappa shape index (κ1) is 22.0. The average molecular weight is 434 g/mol. The molecule has 4 rings (SSSR count). The van der Waals surface area contributed by atoms with Crippen LogP contribution in [-0.4, -0.2) is 37.6 Å². The van der Waals surface area contributed by atoms with Crippen molar-refractivity contribution in [2.75, 3.05) is 26.8 Å². The van der Waals surface area contributed by atoms with E-state index in [1.807, 2.05) is 49.9 Å². The van der Waals surface area contributed by atoms with E-state index in [1.165, 1.54) is 6.42 Å². The number of benzene rings is 2. The molecule has 0 unspecified atom stereocenters. The van der Waals surface area contributed by atoms with Crippen LogP contribution in [0.1, 0.15) is 44.2 Å². The van der Waals surface area contributed by atoms with Gasteiger partial charge in [-0.1, -0.05) is 12.1 Å². The van der Waals surface area contributed by atoms with Gasteiger partial charge in [0.1, 0.15) is 17.1 Å². The summed E-state index contributed by atoms with van der Waals surface area (Å²) in [5.41, 5.74) is 5.58. The number of carbonyl (C=O) groups is 1. The summed E-state index contributed by atoms with van der Waals surface area (Å²) in [7, 11) is 1.66. The number of allylic oxidation sites excluding steroid dienone is 1. The van der Waals surface area contributed by atoms with Crippen LogP contribution in [0.25, 0.3) is 27.7 Å². The SMILES string of the molecule is CCOc1ccc(-c2coc3c(C)c(OC)c(/C(C)=C/C(=O)N4CCCCC4)cc23)cc1. The molecule has 5 heteroatoms. The number of rotatable bonds is 6. The van der Waals surface area contributed by atoms with Gasteiger partial charge in [-0.25, -0.2) is 0 Å². The number of carbonyl (C=O) groups excluding carboxylic acids is 1. The van der Waals surface area contributed by atoms with Gasteiger partial charge in [-0.15, -0.1) is 0 Å². The van der Waals surface area contributed by atoms with Crippen molar-refractivity contribution in [2.45, 2.75) is 40.0 Å². The Hall–Kier alpha value is -3.21. The van der Waals surface area contributed by atoms with Crippen LogP contribution in [0.4, 0.5) is 0 Å². The van der Waals surface area contributed by atoms with E-state index in [0.717, 1.165) is 76.2 Å². The third-order valence-electron chi connectivity index (χ3n) is 6.16. The Morgan fingerprint density at radius 2 is 1.88 bits per heavy atom. The Kier molecular flexibility index (Phi) is 6.54. The number of furan rings is 1. The van der Waals surface area contributed by atoms with Gasteiger partial charge in [-0.2, -0.15) is 0 Å². The fourth-order valence-electron chi connectivity index (χ4n) is 4.46. The fraction of sp³-hybridized carbons (Fsp3) is 0.370. The summed E-state index contributed by atoms with van der Waals surface area (Å²) in [4.78, 5) is 14.8. The molecule has 1 saturated heterocycles. The minimum atomic E-state index is 0.0703. The van der Waals surface area contributed by atoms with Crippen molar-refractivity contribution in [3.8, 4) is 22.6 Å². The zero-order chi connectivity index (χ0) is 22.7. The maximum absolute atomic E-state index is 12.8. The molecule has 168 valence electrons. The minimum Gasteiger partial charge on any atom is -0.496 e. The second-order valence-corrected chi connectivity index (χ2v) is 8.28. The van der Waals surface area contributed by atoms with Crippen molar-refractivity contribution >= 4 is 22.4 Å². The number of nitrogens with zero attached hydrogens (tertiary/aromatic N) is 1. The van der Waals surface area contributed by atoms with Crippen molar-refractivity contribution in [1.82, 2.24) is 4.90 Å². The Bertz CT molecular complexity index is 1130. The molecule has 0 saturated carbocycles. The first-order valence-corrected chi connectivity index (χ1v) is 11.3. The van der Waals surface area contributed by atoms with Crippen LogP contribution < -0.4 is 9.47 Å². The van der Waals surface area contributed by atoms with Crippen LogP contribution in [0.15, 0.2) is 47.1 Å². The van der Waals surface area contributed by atoms with E-state index in [0.29, 0.717) is 6.61 Å². The van der Waals surface area contributed by atoms with E-state index in [-0.39, 0.29) is 5.91 Å². The summed E-state index contributed by atoms with van der Waals surface area (Å²) in [6.45, 7) is 8.25. The molecule has 0 aliphatic carbocycles. The van der Waals surface area contributed by atoms with Crippen molar-refractivity contribution in [1.29, 1.82) is 0 Å². The van der Waals surface area contributed by atoms with Crippen LogP contribution in [0.2, 0.25) is 0 Å². The number of likely N-dealkylation sites (tertiary alicyclic amines) is 1. The molecule has 0 N–H and O–H groups in total. The van der Waals surface area contributed by atoms with E-state index in [2.05, 4.69) is 6.07 Å². The molecule has 3 aromatic rings. The number of amides is 1. The van der Waals surface area contributed by atoms with Crippen molar-refractivity contribution in [2.24, 2.45) is 0 Å². The lowest BCUT2D eigenvalue weighted by molar-refractivity contribution is -0.126. The largest absolute Gasteiger partial charge is 0.496 e. The average Bonchev–Trinajstić information content (AvgIpc) is 3.24. The normalized spacial score (nSPS) is 14.6. The molecule has 0 bridgehead atoms. The highest BCUT2D eigenvalue weighted by Crippen LogP contribution is 2.40. The standard InChI is InChI=1S/C27H31NO4/c1-5-31-21-11-9-20(10-12-21)24-17-32-27-19(3)26(30-4)22(16-23(24)27)18(2)15-25(29)28-13-7-6-8-14-28/h9-12,15-17H,5-8,13-14H2,1-4H3/b18-15+. The number of aryl methyl sites for hydroxylation is 1. The third-order valence-corrected chi connectivity index (χ3v) is 6.16. The summed E-state index contributed by atoms with van der Waals surface area (Å²) in [6, 6.07) is 10.1. The molecule has 1 aromatic heterocycles. The van der Waals surface area contributed by atoms with Gasteiger partial charge in [-0.05, 0) is 69.4 Å². The molecule has 1 amide bonds. The topological polar surface area (TPSA) is 51.9 Å². The Balaban J connectivity index is 1.76. The van der Waals surface area contributed by atoms with Gasteiger partial charge in [0.2, 0.25) is 5.91 Å². The van der Waals surface area contributed by atoms with Gasteiger partial charge in [0.25, 0.3) is 0 Å². The lowest BCUT2D eigenvalue weighted by atomic mass is 9.96. The van der Waals surface area contributed by atoms with Gasteiger partial charge >= 0.3 is 0 Å². The molecule has 1 aliphatic rings. The fourth-order valence-corrected chi connectivity index (χ4v) is 4.46. The van der Waals surface area contributed by atoms with E-state index in [4.69, 9.17) is 13.9 Å². The van der Waals surface area contributed by atoms with Crippen LogP contribution >= 0.6 is 0 Å². The first-order chi connectivity index (χ1) is 15.5. The molecule has 1 fully saturated rings. The van der Waals surface area contributed by atoms with Crippen molar-refractivity contribution < 1.29 is 18.7 Å². The quantitative estimate of drug-likeness (QED) is 0.432. The molecule has 32 heavy (non-hydrogen) atoms. The Morgan fingerprint density at radius 3 is 2.53 bits per heavy atom. The summed E-state index contributed by atoms with van der Waals surface area (Å²) in [6.07, 6.45) is 6.88. The molecule has 1 aliphatic heterocycles. The van der Waals surface area contributed by atoms with E-state index >= 15 is 0 Å². The number of hydrogen-bond donors (Lipinski definition) is 0. The van der Waals surface area contributed by atoms with Crippen molar-refractivity contribution in [3.05, 3.63) is 53.8 Å². The highest BCUT2D eigenvalue weighted by molar-refractivity contribution is 6.01. The highest BCUT2D eigenvalue weighted by atomic mass is 16.5. The van der Waals surface area contributed by atoms with Crippen LogP contribution in [0.3, 0.4) is 0 Å². The van der Waals surface area contributed by atoms with E-state index in [9.17, 15) is 4.79 Å². The van der Waals surface area contributed by atoms with E-state index in [1.54, 1.807) is 19.4 Å². The molecule has 0 atom stereocenters. The Labute approximate surface area is 189 Å². The molecule has 0 spiro atoms. The molecule has 0 radical (unpaired) electrons. The maximum atomic E-state index is 12.8. The monoisotopic (exact) mass is 433 g/mol. The summed E-state index contributed by atoms with van der Waals surface area (Å²) >= 11 is 0. The number of hydrogen-bond acceptors (Lipinski definition) is 4. The van der Waals surface area contributed by atoms with Gasteiger partial charge in [0.15, 0.2) is 0 Å². The first-order valence-electron chi connectivity index (χ1n) is 11.3. The molecular weight excluding hydrogens is 402 g/mol. The highest BCUT2D eigenvalue weighted by Gasteiger charge is 2.20. The second-order valence-electron chi connectivity index (χ2n) is 8.28. The number of methoxy groups -OCH3 is 1. The smallest absolute Gasteiger partial charge is 0.246 e. The van der Waals surface area contributed by atoms with Crippen LogP contribution in [-0.2, 0) is 4.79 Å². The lowest BCUT2D eigenvalue weighted by Gasteiger charge is -2.25. The zero-order valence-corrected chi connectivity index (χ0v) is 19.4.